The summed E-state index contributed by atoms with van der Waals surface area (Å²) in [6, 6.07) is 5.39. The molecule has 0 radical (unpaired) electrons. The maximum atomic E-state index is 11.9. The molecule has 1 aromatic heterocycles. The van der Waals surface area contributed by atoms with Crippen LogP contribution in [0.2, 0.25) is 0 Å². The van der Waals surface area contributed by atoms with E-state index in [-0.39, 0.29) is 17.2 Å². The zero-order valence-corrected chi connectivity index (χ0v) is 11.6. The first-order valence-corrected chi connectivity index (χ1v) is 8.20. The smallest absolute Gasteiger partial charge is 0.212 e. The third kappa shape index (κ3) is 3.93. The fourth-order valence-corrected chi connectivity index (χ4v) is 3.88. The Morgan fingerprint density at radius 3 is 2.83 bits per heavy atom. The number of hydrogen-bond donors (Lipinski definition) is 1. The van der Waals surface area contributed by atoms with Crippen LogP contribution in [0, 0.1) is 0 Å². The van der Waals surface area contributed by atoms with Crippen LogP contribution in [0.4, 0.5) is 0 Å². The highest BCUT2D eigenvalue weighted by atomic mass is 35.5. The Bertz CT molecular complexity index is 478. The topological polar surface area (TPSA) is 59.1 Å². The number of alkyl halides is 1. The Hall–Kier alpha value is -0.650. The zero-order chi connectivity index (χ0) is 13.0. The van der Waals surface area contributed by atoms with E-state index in [1.807, 2.05) is 18.2 Å². The fourth-order valence-electron chi connectivity index (χ4n) is 2.12. The van der Waals surface area contributed by atoms with E-state index in [0.717, 1.165) is 25.0 Å². The first-order valence-electron chi connectivity index (χ1n) is 6.11. The van der Waals surface area contributed by atoms with Crippen LogP contribution in [-0.4, -0.2) is 30.6 Å². The van der Waals surface area contributed by atoms with Gasteiger partial charge in [0.2, 0.25) is 10.0 Å². The second-order valence-corrected chi connectivity index (χ2v) is 7.00. The molecule has 0 aliphatic heterocycles. The number of pyridine rings is 1. The highest BCUT2D eigenvalue weighted by Gasteiger charge is 2.28. The van der Waals surface area contributed by atoms with Crippen molar-refractivity contribution in [2.24, 2.45) is 0 Å². The van der Waals surface area contributed by atoms with Crippen LogP contribution in [0.3, 0.4) is 0 Å². The van der Waals surface area contributed by atoms with E-state index in [2.05, 4.69) is 9.71 Å². The molecule has 0 amide bonds. The van der Waals surface area contributed by atoms with Crippen molar-refractivity contribution in [2.75, 3.05) is 5.75 Å². The highest BCUT2D eigenvalue weighted by Crippen LogP contribution is 2.24. The van der Waals surface area contributed by atoms with Crippen molar-refractivity contribution >= 4 is 21.6 Å². The number of nitrogens with one attached hydrogen (secondary N) is 1. The Kier molecular flexibility index (Phi) is 4.59. The Balaban J connectivity index is 1.88. The van der Waals surface area contributed by atoms with E-state index in [4.69, 9.17) is 11.6 Å². The molecule has 0 aromatic carbocycles. The summed E-state index contributed by atoms with van der Waals surface area (Å²) in [5.74, 6) is 0.0596. The van der Waals surface area contributed by atoms with Gasteiger partial charge in [-0.15, -0.1) is 11.6 Å². The summed E-state index contributed by atoms with van der Waals surface area (Å²) < 4.78 is 26.5. The minimum atomic E-state index is -3.27. The van der Waals surface area contributed by atoms with Crippen LogP contribution in [0.15, 0.2) is 24.4 Å². The molecule has 0 bridgehead atoms. The first kappa shape index (κ1) is 13.8. The number of aromatic nitrogens is 1. The van der Waals surface area contributed by atoms with Crippen LogP contribution < -0.4 is 4.72 Å². The van der Waals surface area contributed by atoms with Gasteiger partial charge in [-0.1, -0.05) is 12.5 Å². The molecule has 1 aliphatic carbocycles. The molecule has 1 aromatic rings. The number of nitrogens with zero attached hydrogens (tertiary/aromatic N) is 1. The molecular weight excluding hydrogens is 272 g/mol. The van der Waals surface area contributed by atoms with E-state index in [0.29, 0.717) is 6.42 Å². The predicted molar refractivity (Wildman–Crippen MR) is 72.1 cm³/mol. The summed E-state index contributed by atoms with van der Waals surface area (Å²) in [6.07, 6.45) is 4.80. The van der Waals surface area contributed by atoms with Crippen LogP contribution in [0.1, 0.15) is 25.0 Å². The van der Waals surface area contributed by atoms with Gasteiger partial charge >= 0.3 is 0 Å². The summed E-state index contributed by atoms with van der Waals surface area (Å²) in [6.45, 7) is 0. The second-order valence-electron chi connectivity index (χ2n) is 4.56. The monoisotopic (exact) mass is 288 g/mol. The summed E-state index contributed by atoms with van der Waals surface area (Å²) >= 11 is 6.06. The Morgan fingerprint density at radius 1 is 1.39 bits per heavy atom. The SMILES string of the molecule is O=S(=O)(CCc1ccccn1)NC1CCCC1Cl. The van der Waals surface area contributed by atoms with Gasteiger partial charge in [-0.3, -0.25) is 4.98 Å². The molecule has 0 saturated heterocycles. The lowest BCUT2D eigenvalue weighted by molar-refractivity contribution is 0.553. The van der Waals surface area contributed by atoms with Crippen molar-refractivity contribution in [3.05, 3.63) is 30.1 Å². The lowest BCUT2D eigenvalue weighted by atomic mass is 10.3. The van der Waals surface area contributed by atoms with Crippen molar-refractivity contribution < 1.29 is 8.42 Å². The Labute approximate surface area is 113 Å². The number of sulfonamides is 1. The third-order valence-electron chi connectivity index (χ3n) is 3.12. The van der Waals surface area contributed by atoms with Crippen molar-refractivity contribution in [3.8, 4) is 0 Å². The zero-order valence-electron chi connectivity index (χ0n) is 10.0. The van der Waals surface area contributed by atoms with Crippen LogP contribution >= 0.6 is 11.6 Å². The minimum absolute atomic E-state index is 0.0596. The van der Waals surface area contributed by atoms with Gasteiger partial charge in [0.05, 0.1) is 5.75 Å². The lowest BCUT2D eigenvalue weighted by Gasteiger charge is -2.15. The average molecular weight is 289 g/mol. The van der Waals surface area contributed by atoms with Gasteiger partial charge in [0, 0.05) is 29.7 Å². The van der Waals surface area contributed by atoms with Crippen molar-refractivity contribution in [1.82, 2.24) is 9.71 Å². The van der Waals surface area contributed by atoms with E-state index in [1.54, 1.807) is 6.20 Å². The normalized spacial score (nSPS) is 24.3. The molecule has 1 N–H and O–H groups in total. The van der Waals surface area contributed by atoms with E-state index < -0.39 is 10.0 Å². The molecule has 1 saturated carbocycles. The van der Waals surface area contributed by atoms with Gasteiger partial charge in [0.25, 0.3) is 0 Å². The van der Waals surface area contributed by atoms with E-state index >= 15 is 0 Å². The van der Waals surface area contributed by atoms with Crippen LogP contribution in [0.5, 0.6) is 0 Å². The average Bonchev–Trinajstić information content (AvgIpc) is 2.73. The Morgan fingerprint density at radius 2 is 2.22 bits per heavy atom. The maximum Gasteiger partial charge on any atom is 0.212 e. The molecule has 4 nitrogen and oxygen atoms in total. The molecular formula is C12H17ClN2O2S. The van der Waals surface area contributed by atoms with Gasteiger partial charge in [-0.05, 0) is 25.0 Å². The van der Waals surface area contributed by atoms with E-state index in [1.165, 1.54) is 0 Å². The molecule has 2 rings (SSSR count). The molecule has 6 heteroatoms. The minimum Gasteiger partial charge on any atom is -0.261 e. The van der Waals surface area contributed by atoms with Crippen LogP contribution in [0.25, 0.3) is 0 Å². The highest BCUT2D eigenvalue weighted by molar-refractivity contribution is 7.89. The molecule has 1 aliphatic rings. The number of hydrogen-bond acceptors (Lipinski definition) is 3. The molecule has 1 fully saturated rings. The summed E-state index contributed by atoms with van der Waals surface area (Å²) in [5, 5.41) is -0.0744. The van der Waals surface area contributed by atoms with Gasteiger partial charge < -0.3 is 0 Å². The summed E-state index contributed by atoms with van der Waals surface area (Å²) in [5.41, 5.74) is 0.789. The van der Waals surface area contributed by atoms with Crippen LogP contribution in [-0.2, 0) is 16.4 Å². The van der Waals surface area contributed by atoms with Gasteiger partial charge in [-0.2, -0.15) is 0 Å². The standard InChI is InChI=1S/C12H17ClN2O2S/c13-11-5-3-6-12(11)15-18(16,17)9-7-10-4-1-2-8-14-10/h1-2,4,8,11-12,15H,3,5-7,9H2. The molecule has 2 unspecified atom stereocenters. The number of aryl methyl sites for hydroxylation is 1. The molecule has 0 spiro atoms. The van der Waals surface area contributed by atoms with E-state index in [9.17, 15) is 8.42 Å². The van der Waals surface area contributed by atoms with Gasteiger partial charge in [0.15, 0.2) is 0 Å². The second kappa shape index (κ2) is 5.99. The predicted octanol–water partition coefficient (Wildman–Crippen LogP) is 1.70. The van der Waals surface area contributed by atoms with Crippen molar-refractivity contribution in [1.29, 1.82) is 0 Å². The lowest BCUT2D eigenvalue weighted by Crippen LogP contribution is -2.39. The van der Waals surface area contributed by atoms with Crippen molar-refractivity contribution in [2.45, 2.75) is 37.1 Å². The first-order chi connectivity index (χ1) is 8.57. The molecule has 2 atom stereocenters. The maximum absolute atomic E-state index is 11.9. The molecule has 18 heavy (non-hydrogen) atoms. The molecule has 100 valence electrons. The van der Waals surface area contributed by atoms with Crippen molar-refractivity contribution in [3.63, 3.8) is 0 Å². The number of rotatable bonds is 5. The fraction of sp³-hybridized carbons (Fsp3) is 0.583. The largest absolute Gasteiger partial charge is 0.261 e. The van der Waals surface area contributed by atoms with Gasteiger partial charge in [0.1, 0.15) is 0 Å². The summed E-state index contributed by atoms with van der Waals surface area (Å²) in [4.78, 5) is 4.11. The third-order valence-corrected chi connectivity index (χ3v) is 5.04. The summed E-state index contributed by atoms with van der Waals surface area (Å²) in [7, 11) is -3.27. The number of halogens is 1. The molecule has 1 heterocycles. The quantitative estimate of drug-likeness (QED) is 0.839. The van der Waals surface area contributed by atoms with Gasteiger partial charge in [-0.25, -0.2) is 13.1 Å².